The number of rotatable bonds is 7. The lowest BCUT2D eigenvalue weighted by atomic mass is 9.65. The topological polar surface area (TPSA) is 140 Å². The number of hydrogen-bond donors (Lipinski definition) is 2. The van der Waals surface area contributed by atoms with E-state index < -0.39 is 11.4 Å². The van der Waals surface area contributed by atoms with E-state index in [1.54, 1.807) is 6.07 Å². The molecule has 0 fully saturated rings. The van der Waals surface area contributed by atoms with Crippen LogP contribution in [0.15, 0.2) is 47.5 Å². The average molecular weight is 463 g/mol. The first-order chi connectivity index (χ1) is 15.9. The molecule has 4 radical (unpaired) electrons. The van der Waals surface area contributed by atoms with E-state index in [-0.39, 0.29) is 36.1 Å². The number of carbonyl (C=O) groups is 1. The van der Waals surface area contributed by atoms with Crippen molar-refractivity contribution in [1.29, 1.82) is 0 Å². The number of pyridine rings is 2. The number of alkyl halides is 1. The van der Waals surface area contributed by atoms with Crippen molar-refractivity contribution in [2.24, 2.45) is 7.05 Å². The number of aryl methyl sites for hydroxylation is 1. The summed E-state index contributed by atoms with van der Waals surface area (Å²) in [6, 6.07) is 7.18. The fourth-order valence-corrected chi connectivity index (χ4v) is 3.03. The number of hydrogen-bond acceptors (Lipinski definition) is 9. The quantitative estimate of drug-likeness (QED) is 0.344. The summed E-state index contributed by atoms with van der Waals surface area (Å²) in [6.45, 7) is 0.210. The molecule has 1 aliphatic rings. The summed E-state index contributed by atoms with van der Waals surface area (Å²) in [5.41, 5.74) is -2.41. The van der Waals surface area contributed by atoms with Crippen molar-refractivity contribution < 1.29 is 28.9 Å². The lowest BCUT2D eigenvalue weighted by Crippen LogP contribution is -2.56. The monoisotopic (exact) mass is 463 g/mol. The van der Waals surface area contributed by atoms with Gasteiger partial charge < -0.3 is 19.7 Å². The Bertz CT molecular complexity index is 1300. The SMILES string of the molecule is [B]C([B])(F)C(O)(O)Oc1ccc(COc2cnc3c(c2)CN(c2ccc(=O)n(C)n2)C3=O)nc1. The molecule has 4 rings (SSSR count). The van der Waals surface area contributed by atoms with Crippen molar-refractivity contribution in [1.82, 2.24) is 19.7 Å². The minimum Gasteiger partial charge on any atom is -0.486 e. The first-order valence-corrected chi connectivity index (χ1v) is 9.78. The zero-order chi connectivity index (χ0) is 24.7. The van der Waals surface area contributed by atoms with Crippen LogP contribution in [0.2, 0.25) is 0 Å². The van der Waals surface area contributed by atoms with E-state index in [1.165, 1.54) is 42.4 Å². The Balaban J connectivity index is 1.41. The van der Waals surface area contributed by atoms with E-state index in [2.05, 4.69) is 19.8 Å². The van der Waals surface area contributed by atoms with Crippen LogP contribution in [0.5, 0.6) is 11.5 Å². The lowest BCUT2D eigenvalue weighted by Gasteiger charge is -2.32. The van der Waals surface area contributed by atoms with Crippen LogP contribution in [0, 0.1) is 0 Å². The number of ether oxygens (including phenoxy) is 2. The molecule has 0 aromatic carbocycles. The van der Waals surface area contributed by atoms with Crippen molar-refractivity contribution in [3.8, 4) is 11.5 Å². The molecule has 0 atom stereocenters. The van der Waals surface area contributed by atoms with Crippen molar-refractivity contribution in [3.63, 3.8) is 0 Å². The second-order valence-electron chi connectivity index (χ2n) is 7.48. The predicted octanol–water partition coefficient (Wildman–Crippen LogP) is -0.713. The fourth-order valence-electron chi connectivity index (χ4n) is 3.03. The summed E-state index contributed by atoms with van der Waals surface area (Å²) in [5, 5.41) is 23.0. The number of nitrogens with zero attached hydrogens (tertiary/aromatic N) is 5. The maximum absolute atomic E-state index is 13.4. The third-order valence-electron chi connectivity index (χ3n) is 4.88. The molecule has 0 spiro atoms. The van der Waals surface area contributed by atoms with E-state index in [4.69, 9.17) is 20.4 Å². The van der Waals surface area contributed by atoms with Crippen LogP contribution in [-0.4, -0.2) is 63.0 Å². The van der Waals surface area contributed by atoms with Crippen LogP contribution in [0.4, 0.5) is 10.2 Å². The van der Waals surface area contributed by atoms with Crippen molar-refractivity contribution in [3.05, 3.63) is 70.0 Å². The molecule has 0 aliphatic carbocycles. The van der Waals surface area contributed by atoms with Gasteiger partial charge in [0.2, 0.25) is 0 Å². The molecule has 2 N–H and O–H groups in total. The molecule has 14 heteroatoms. The number of halogens is 1. The number of amides is 1. The van der Waals surface area contributed by atoms with Crippen LogP contribution >= 0.6 is 0 Å². The van der Waals surface area contributed by atoms with Gasteiger partial charge in [-0.3, -0.25) is 23.9 Å². The summed E-state index contributed by atoms with van der Waals surface area (Å²) in [5.74, 6) is -3.30. The Morgan fingerprint density at radius 3 is 2.50 bits per heavy atom. The van der Waals surface area contributed by atoms with E-state index in [1.807, 2.05) is 0 Å². The zero-order valence-electron chi connectivity index (χ0n) is 17.8. The highest BCUT2D eigenvalue weighted by Crippen LogP contribution is 2.28. The van der Waals surface area contributed by atoms with E-state index >= 15 is 0 Å². The van der Waals surface area contributed by atoms with Gasteiger partial charge in [-0.1, -0.05) is 0 Å². The van der Waals surface area contributed by atoms with Gasteiger partial charge in [-0.25, -0.2) is 9.67 Å². The van der Waals surface area contributed by atoms with Crippen LogP contribution in [-0.2, 0) is 20.2 Å². The van der Waals surface area contributed by atoms with Gasteiger partial charge in [0, 0.05) is 18.7 Å². The van der Waals surface area contributed by atoms with Gasteiger partial charge in [0.15, 0.2) is 5.82 Å². The van der Waals surface area contributed by atoms with Gasteiger partial charge in [-0.15, -0.1) is 0 Å². The Morgan fingerprint density at radius 1 is 1.12 bits per heavy atom. The van der Waals surface area contributed by atoms with Crippen LogP contribution in [0.1, 0.15) is 21.7 Å². The van der Waals surface area contributed by atoms with Crippen LogP contribution in [0.3, 0.4) is 0 Å². The molecule has 1 amide bonds. The second-order valence-corrected chi connectivity index (χ2v) is 7.48. The molecule has 3 aromatic rings. The van der Waals surface area contributed by atoms with Crippen LogP contribution < -0.4 is 19.9 Å². The molecule has 0 unspecified atom stereocenters. The standard InChI is InChI=1S/C20H16B2FN5O6/c1-27-16(29)5-4-15(26-27)28-9-11-6-14(8-25-17(11)18(28)30)33-10-12-2-3-13(7-24-12)34-20(31,32)19(21,22)23/h2-8,31-32H,9-10H2,1H3. The molecule has 11 nitrogen and oxygen atoms in total. The fraction of sp³-hybridized carbons (Fsp3) is 0.250. The summed E-state index contributed by atoms with van der Waals surface area (Å²) >= 11 is 0. The van der Waals surface area contributed by atoms with Gasteiger partial charge >= 0.3 is 5.97 Å². The smallest absolute Gasteiger partial charge is 0.339 e. The largest absolute Gasteiger partial charge is 0.486 e. The van der Waals surface area contributed by atoms with E-state index in [9.17, 15) is 24.2 Å². The maximum Gasteiger partial charge on any atom is 0.339 e. The number of aromatic nitrogens is 4. The lowest BCUT2D eigenvalue weighted by molar-refractivity contribution is -0.319. The first kappa shape index (κ1) is 23.4. The number of aliphatic hydroxyl groups is 2. The summed E-state index contributed by atoms with van der Waals surface area (Å²) in [7, 11) is 11.1. The van der Waals surface area contributed by atoms with Gasteiger partial charge in [0.25, 0.3) is 11.5 Å². The molecular formula is C20H16B2FN5O6. The Morgan fingerprint density at radius 2 is 1.85 bits per heavy atom. The normalized spacial score (nSPS) is 13.6. The van der Waals surface area contributed by atoms with Crippen LogP contribution in [0.25, 0.3) is 0 Å². The van der Waals surface area contributed by atoms with Gasteiger partial charge in [-0.2, -0.15) is 5.10 Å². The maximum atomic E-state index is 13.4. The van der Waals surface area contributed by atoms with Gasteiger partial charge in [0.1, 0.15) is 45.0 Å². The van der Waals surface area contributed by atoms with E-state index in [0.717, 1.165) is 10.9 Å². The average Bonchev–Trinajstić information content (AvgIpc) is 3.10. The molecule has 0 saturated carbocycles. The Hall–Kier alpha value is -3.77. The second kappa shape index (κ2) is 8.54. The minimum atomic E-state index is -3.46. The molecular weight excluding hydrogens is 447 g/mol. The van der Waals surface area contributed by atoms with Crippen molar-refractivity contribution >= 4 is 27.4 Å². The third-order valence-corrected chi connectivity index (χ3v) is 4.88. The summed E-state index contributed by atoms with van der Waals surface area (Å²) in [4.78, 5) is 33.8. The van der Waals surface area contributed by atoms with Crippen molar-refractivity contribution in [2.45, 2.75) is 24.6 Å². The van der Waals surface area contributed by atoms with E-state index in [0.29, 0.717) is 22.8 Å². The van der Waals surface area contributed by atoms with Crippen molar-refractivity contribution in [2.75, 3.05) is 4.90 Å². The van der Waals surface area contributed by atoms with Gasteiger partial charge in [-0.05, 0) is 24.3 Å². The molecule has 0 bridgehead atoms. The molecule has 34 heavy (non-hydrogen) atoms. The molecule has 1 aliphatic heterocycles. The summed E-state index contributed by atoms with van der Waals surface area (Å²) in [6.07, 6.45) is 2.49. The number of anilines is 1. The Kier molecular flexibility index (Phi) is 5.87. The third kappa shape index (κ3) is 4.63. The Labute approximate surface area is 194 Å². The molecule has 3 aromatic heterocycles. The highest BCUT2D eigenvalue weighted by molar-refractivity contribution is 6.39. The minimum absolute atomic E-state index is 0.00494. The molecule has 170 valence electrons. The number of carbonyl (C=O) groups excluding carboxylic acids is 1. The first-order valence-electron chi connectivity index (χ1n) is 9.78. The highest BCUT2D eigenvalue weighted by atomic mass is 19.1. The zero-order valence-corrected chi connectivity index (χ0v) is 17.8. The predicted molar refractivity (Wildman–Crippen MR) is 116 cm³/mol. The highest BCUT2D eigenvalue weighted by Gasteiger charge is 2.44. The summed E-state index contributed by atoms with van der Waals surface area (Å²) < 4.78 is 24.8. The van der Waals surface area contributed by atoms with Gasteiger partial charge in [0.05, 0.1) is 24.6 Å². The molecule has 4 heterocycles. The number of fused-ring (bicyclic) bond motifs is 1. The molecule has 0 saturated heterocycles.